The molecule has 1 saturated carbocycles. The largest absolute Gasteiger partial charge is 0.369 e. The summed E-state index contributed by atoms with van der Waals surface area (Å²) >= 11 is 0. The van der Waals surface area contributed by atoms with Crippen LogP contribution < -0.4 is 10.2 Å². The first kappa shape index (κ1) is 12.0. The molecule has 0 aromatic carbocycles. The number of aromatic nitrogens is 1. The van der Waals surface area contributed by atoms with Crippen LogP contribution >= 0.6 is 0 Å². The highest BCUT2D eigenvalue weighted by Gasteiger charge is 2.30. The quantitative estimate of drug-likeness (QED) is 0.883. The first-order valence-corrected chi connectivity index (χ1v) is 7.05. The highest BCUT2D eigenvalue weighted by atomic mass is 15.2. The van der Waals surface area contributed by atoms with Crippen molar-refractivity contribution in [1.29, 1.82) is 0 Å². The van der Waals surface area contributed by atoms with E-state index in [2.05, 4.69) is 35.1 Å². The minimum Gasteiger partial charge on any atom is -0.369 e. The molecule has 0 spiro atoms. The molecule has 1 aromatic rings. The standard InChI is InChI=1S/C15H23N3/c1-15(2)6-8-18(11-15)14-10-16-7-5-12(14)9-17-13-3-4-13/h5,7,10,13,17H,3-4,6,8-9,11H2,1-2H3. The summed E-state index contributed by atoms with van der Waals surface area (Å²) < 4.78 is 0. The van der Waals surface area contributed by atoms with E-state index in [9.17, 15) is 0 Å². The lowest BCUT2D eigenvalue weighted by molar-refractivity contribution is 0.418. The molecule has 3 nitrogen and oxygen atoms in total. The van der Waals surface area contributed by atoms with Crippen LogP contribution in [0.1, 0.15) is 38.7 Å². The molecule has 0 radical (unpaired) electrons. The van der Waals surface area contributed by atoms with Crippen molar-refractivity contribution >= 4 is 5.69 Å². The number of nitrogens with one attached hydrogen (secondary N) is 1. The van der Waals surface area contributed by atoms with Crippen LogP contribution in [0, 0.1) is 5.41 Å². The van der Waals surface area contributed by atoms with E-state index < -0.39 is 0 Å². The number of nitrogens with zero attached hydrogens (tertiary/aromatic N) is 2. The number of hydrogen-bond acceptors (Lipinski definition) is 3. The van der Waals surface area contributed by atoms with Gasteiger partial charge in [-0.2, -0.15) is 0 Å². The summed E-state index contributed by atoms with van der Waals surface area (Å²) in [5.41, 5.74) is 3.17. The second kappa shape index (κ2) is 4.54. The minimum atomic E-state index is 0.442. The van der Waals surface area contributed by atoms with E-state index in [0.717, 1.165) is 25.7 Å². The number of pyridine rings is 1. The summed E-state index contributed by atoms with van der Waals surface area (Å²) in [6.45, 7) is 8.00. The van der Waals surface area contributed by atoms with Gasteiger partial charge in [0.05, 0.1) is 11.9 Å². The first-order chi connectivity index (χ1) is 8.64. The van der Waals surface area contributed by atoms with Crippen molar-refractivity contribution in [2.75, 3.05) is 18.0 Å². The SMILES string of the molecule is CC1(C)CCN(c2cnccc2CNC2CC2)C1. The summed E-state index contributed by atoms with van der Waals surface area (Å²) in [7, 11) is 0. The number of rotatable bonds is 4. The molecule has 1 aromatic heterocycles. The summed E-state index contributed by atoms with van der Waals surface area (Å²) in [5, 5.41) is 3.60. The fourth-order valence-electron chi connectivity index (χ4n) is 2.71. The molecule has 0 unspecified atom stereocenters. The molecule has 2 fully saturated rings. The Bertz CT molecular complexity index is 424. The van der Waals surface area contributed by atoms with E-state index in [4.69, 9.17) is 0 Å². The van der Waals surface area contributed by atoms with E-state index in [-0.39, 0.29) is 0 Å². The topological polar surface area (TPSA) is 28.2 Å². The molecule has 1 saturated heterocycles. The lowest BCUT2D eigenvalue weighted by Crippen LogP contribution is -2.25. The molecular weight excluding hydrogens is 222 g/mol. The van der Waals surface area contributed by atoms with Crippen molar-refractivity contribution in [3.8, 4) is 0 Å². The second-order valence-electron chi connectivity index (χ2n) is 6.50. The van der Waals surface area contributed by atoms with Gasteiger partial charge in [0.1, 0.15) is 0 Å². The Labute approximate surface area is 110 Å². The van der Waals surface area contributed by atoms with E-state index in [1.54, 1.807) is 0 Å². The van der Waals surface area contributed by atoms with Crippen molar-refractivity contribution in [2.24, 2.45) is 5.41 Å². The molecule has 1 N–H and O–H groups in total. The monoisotopic (exact) mass is 245 g/mol. The first-order valence-electron chi connectivity index (χ1n) is 7.05. The van der Waals surface area contributed by atoms with Gasteiger partial charge < -0.3 is 10.2 Å². The van der Waals surface area contributed by atoms with Gasteiger partial charge in [0.25, 0.3) is 0 Å². The Morgan fingerprint density at radius 3 is 2.94 bits per heavy atom. The van der Waals surface area contributed by atoms with Gasteiger partial charge in [-0.1, -0.05) is 13.8 Å². The average Bonchev–Trinajstić information content (AvgIpc) is 3.10. The summed E-state index contributed by atoms with van der Waals surface area (Å²) in [6.07, 6.45) is 7.91. The van der Waals surface area contributed by atoms with E-state index >= 15 is 0 Å². The molecule has 3 rings (SSSR count). The van der Waals surface area contributed by atoms with Gasteiger partial charge in [0, 0.05) is 31.9 Å². The molecule has 0 amide bonds. The van der Waals surface area contributed by atoms with Gasteiger partial charge in [0.2, 0.25) is 0 Å². The lowest BCUT2D eigenvalue weighted by atomic mass is 9.93. The van der Waals surface area contributed by atoms with Gasteiger partial charge in [0.15, 0.2) is 0 Å². The molecule has 0 bridgehead atoms. The van der Waals surface area contributed by atoms with Crippen LogP contribution in [0.2, 0.25) is 0 Å². The Kier molecular flexibility index (Phi) is 3.02. The fourth-order valence-corrected chi connectivity index (χ4v) is 2.71. The van der Waals surface area contributed by atoms with Crippen molar-refractivity contribution in [3.05, 3.63) is 24.0 Å². The molecule has 1 aliphatic carbocycles. The zero-order chi connectivity index (χ0) is 12.6. The van der Waals surface area contributed by atoms with Crippen molar-refractivity contribution in [2.45, 2.75) is 45.7 Å². The minimum absolute atomic E-state index is 0.442. The van der Waals surface area contributed by atoms with Crippen molar-refractivity contribution in [3.63, 3.8) is 0 Å². The predicted molar refractivity (Wildman–Crippen MR) is 74.7 cm³/mol. The Morgan fingerprint density at radius 2 is 2.28 bits per heavy atom. The molecule has 2 aliphatic rings. The summed E-state index contributed by atoms with van der Waals surface area (Å²) in [6, 6.07) is 2.93. The second-order valence-corrected chi connectivity index (χ2v) is 6.50. The fraction of sp³-hybridized carbons (Fsp3) is 0.667. The smallest absolute Gasteiger partial charge is 0.0598 e. The number of anilines is 1. The van der Waals surface area contributed by atoms with E-state index in [0.29, 0.717) is 5.41 Å². The molecule has 3 heteroatoms. The molecular formula is C15H23N3. The zero-order valence-corrected chi connectivity index (χ0v) is 11.4. The van der Waals surface area contributed by atoms with Crippen LogP contribution in [0.25, 0.3) is 0 Å². The van der Waals surface area contributed by atoms with Crippen LogP contribution in [-0.2, 0) is 6.54 Å². The number of hydrogen-bond donors (Lipinski definition) is 1. The molecule has 18 heavy (non-hydrogen) atoms. The maximum atomic E-state index is 4.31. The van der Waals surface area contributed by atoms with E-state index in [1.165, 1.54) is 30.5 Å². The zero-order valence-electron chi connectivity index (χ0n) is 11.4. The van der Waals surface area contributed by atoms with Crippen LogP contribution in [0.4, 0.5) is 5.69 Å². The Morgan fingerprint density at radius 1 is 1.44 bits per heavy atom. The van der Waals surface area contributed by atoms with Gasteiger partial charge in [-0.3, -0.25) is 4.98 Å². The maximum Gasteiger partial charge on any atom is 0.0598 e. The van der Waals surface area contributed by atoms with Gasteiger partial charge >= 0.3 is 0 Å². The van der Waals surface area contributed by atoms with Gasteiger partial charge in [-0.25, -0.2) is 0 Å². The Balaban J connectivity index is 1.73. The van der Waals surface area contributed by atoms with Crippen molar-refractivity contribution in [1.82, 2.24) is 10.3 Å². The van der Waals surface area contributed by atoms with Gasteiger partial charge in [-0.05, 0) is 36.3 Å². The van der Waals surface area contributed by atoms with Gasteiger partial charge in [-0.15, -0.1) is 0 Å². The molecule has 98 valence electrons. The lowest BCUT2D eigenvalue weighted by Gasteiger charge is -2.23. The Hall–Kier alpha value is -1.09. The summed E-state index contributed by atoms with van der Waals surface area (Å²) in [5.74, 6) is 0. The van der Waals surface area contributed by atoms with Crippen LogP contribution in [0.5, 0.6) is 0 Å². The predicted octanol–water partition coefficient (Wildman–Crippen LogP) is 2.57. The highest BCUT2D eigenvalue weighted by molar-refractivity contribution is 5.52. The third-order valence-corrected chi connectivity index (χ3v) is 4.06. The summed E-state index contributed by atoms with van der Waals surface area (Å²) in [4.78, 5) is 6.81. The van der Waals surface area contributed by atoms with Crippen LogP contribution in [-0.4, -0.2) is 24.1 Å². The van der Waals surface area contributed by atoms with Crippen molar-refractivity contribution < 1.29 is 0 Å². The van der Waals surface area contributed by atoms with Crippen LogP contribution in [0.3, 0.4) is 0 Å². The maximum absolute atomic E-state index is 4.31. The average molecular weight is 245 g/mol. The van der Waals surface area contributed by atoms with E-state index in [1.807, 2.05) is 12.4 Å². The third-order valence-electron chi connectivity index (χ3n) is 4.06. The molecule has 1 aliphatic heterocycles. The third kappa shape index (κ3) is 2.66. The molecule has 2 heterocycles. The molecule has 0 atom stereocenters. The highest BCUT2D eigenvalue weighted by Crippen LogP contribution is 2.33. The normalized spacial score (nSPS) is 22.4. The van der Waals surface area contributed by atoms with Crippen LogP contribution in [0.15, 0.2) is 18.5 Å².